The summed E-state index contributed by atoms with van der Waals surface area (Å²) >= 11 is 0. The molecule has 0 saturated carbocycles. The molecule has 0 aromatic carbocycles. The highest BCUT2D eigenvalue weighted by Gasteiger charge is 2.31. The molecule has 3 rings (SSSR count). The molecule has 2 fully saturated rings. The van der Waals surface area contributed by atoms with Gasteiger partial charge in [0.25, 0.3) is 0 Å². The Hall–Kier alpha value is -1.43. The molecule has 0 radical (unpaired) electrons. The molecule has 6 nitrogen and oxygen atoms in total. The molecule has 0 amide bonds. The first kappa shape index (κ1) is 11.6. The van der Waals surface area contributed by atoms with E-state index in [-0.39, 0.29) is 0 Å². The lowest BCUT2D eigenvalue weighted by Gasteiger charge is -2.37. The quantitative estimate of drug-likeness (QED) is 0.811. The van der Waals surface area contributed by atoms with Gasteiger partial charge >= 0.3 is 0 Å². The van der Waals surface area contributed by atoms with E-state index in [0.717, 1.165) is 37.8 Å². The zero-order valence-corrected chi connectivity index (χ0v) is 10.8. The Kier molecular flexibility index (Phi) is 3.03. The molecule has 1 aromatic rings. The highest BCUT2D eigenvalue weighted by atomic mass is 15.4. The van der Waals surface area contributed by atoms with Crippen LogP contribution >= 0.6 is 0 Å². The van der Waals surface area contributed by atoms with Crippen LogP contribution in [0.2, 0.25) is 0 Å². The number of aromatic nitrogens is 3. The standard InChI is InChI=1S/C12H20N6/c1-2-10-14-11(13)16-12(15-10)18-7-6-17-5-3-4-9(17)8-18/h9H,2-8H2,1H3,(H2,13,14,15,16). The smallest absolute Gasteiger partial charge is 0.230 e. The van der Waals surface area contributed by atoms with Crippen molar-refractivity contribution in [2.75, 3.05) is 36.8 Å². The molecule has 2 aliphatic heterocycles. The van der Waals surface area contributed by atoms with Crippen LogP contribution in [-0.4, -0.2) is 52.1 Å². The van der Waals surface area contributed by atoms with Crippen molar-refractivity contribution in [3.63, 3.8) is 0 Å². The predicted molar refractivity (Wildman–Crippen MR) is 70.4 cm³/mol. The normalized spacial score (nSPS) is 24.3. The third kappa shape index (κ3) is 2.12. The van der Waals surface area contributed by atoms with E-state index < -0.39 is 0 Å². The Balaban J connectivity index is 1.80. The first-order valence-electron chi connectivity index (χ1n) is 6.75. The van der Waals surface area contributed by atoms with Crippen LogP contribution in [0.4, 0.5) is 11.9 Å². The number of hydrogen-bond donors (Lipinski definition) is 1. The summed E-state index contributed by atoms with van der Waals surface area (Å²) in [4.78, 5) is 17.7. The van der Waals surface area contributed by atoms with Gasteiger partial charge in [-0.1, -0.05) is 6.92 Å². The van der Waals surface area contributed by atoms with Gasteiger partial charge in [0.1, 0.15) is 5.82 Å². The van der Waals surface area contributed by atoms with Gasteiger partial charge in [0, 0.05) is 32.1 Å². The predicted octanol–water partition coefficient (Wildman–Crippen LogP) is 0.301. The van der Waals surface area contributed by atoms with Crippen LogP contribution in [-0.2, 0) is 6.42 Å². The second-order valence-electron chi connectivity index (χ2n) is 5.04. The van der Waals surface area contributed by atoms with Gasteiger partial charge in [-0.2, -0.15) is 15.0 Å². The number of fused-ring (bicyclic) bond motifs is 1. The summed E-state index contributed by atoms with van der Waals surface area (Å²) in [5.41, 5.74) is 5.75. The number of aryl methyl sites for hydroxylation is 1. The summed E-state index contributed by atoms with van der Waals surface area (Å²) in [6.07, 6.45) is 3.40. The third-order valence-corrected chi connectivity index (χ3v) is 3.87. The Morgan fingerprint density at radius 3 is 2.94 bits per heavy atom. The Labute approximate surface area is 107 Å². The lowest BCUT2D eigenvalue weighted by molar-refractivity contribution is 0.229. The molecule has 6 heteroatoms. The van der Waals surface area contributed by atoms with Crippen LogP contribution in [0.15, 0.2) is 0 Å². The molecular formula is C12H20N6. The van der Waals surface area contributed by atoms with Crippen LogP contribution in [0.1, 0.15) is 25.6 Å². The average Bonchev–Trinajstić information content (AvgIpc) is 2.85. The number of nitrogens with zero attached hydrogens (tertiary/aromatic N) is 5. The van der Waals surface area contributed by atoms with Gasteiger partial charge in [0.15, 0.2) is 0 Å². The molecule has 1 atom stereocenters. The number of piperazine rings is 1. The van der Waals surface area contributed by atoms with Gasteiger partial charge in [0.2, 0.25) is 11.9 Å². The van der Waals surface area contributed by atoms with Crippen molar-refractivity contribution in [2.45, 2.75) is 32.2 Å². The number of nitrogen functional groups attached to an aromatic ring is 1. The fourth-order valence-electron chi connectivity index (χ4n) is 2.90. The summed E-state index contributed by atoms with van der Waals surface area (Å²) in [6.45, 7) is 6.40. The highest BCUT2D eigenvalue weighted by molar-refractivity contribution is 5.36. The second-order valence-corrected chi connectivity index (χ2v) is 5.04. The summed E-state index contributed by atoms with van der Waals surface area (Å²) in [6, 6.07) is 0.668. The zero-order valence-electron chi connectivity index (χ0n) is 10.8. The van der Waals surface area contributed by atoms with Crippen molar-refractivity contribution in [3.05, 3.63) is 5.82 Å². The molecule has 2 saturated heterocycles. The van der Waals surface area contributed by atoms with E-state index >= 15 is 0 Å². The van der Waals surface area contributed by atoms with E-state index in [2.05, 4.69) is 24.8 Å². The van der Waals surface area contributed by atoms with E-state index in [4.69, 9.17) is 5.73 Å². The zero-order chi connectivity index (χ0) is 12.5. The first-order valence-corrected chi connectivity index (χ1v) is 6.75. The van der Waals surface area contributed by atoms with Crippen molar-refractivity contribution in [1.29, 1.82) is 0 Å². The molecule has 1 unspecified atom stereocenters. The van der Waals surface area contributed by atoms with Crippen LogP contribution in [0, 0.1) is 0 Å². The number of anilines is 2. The van der Waals surface area contributed by atoms with Gasteiger partial charge in [-0.3, -0.25) is 4.90 Å². The Morgan fingerprint density at radius 2 is 2.11 bits per heavy atom. The van der Waals surface area contributed by atoms with Crippen LogP contribution in [0.5, 0.6) is 0 Å². The minimum atomic E-state index is 0.339. The van der Waals surface area contributed by atoms with Crippen LogP contribution in [0.25, 0.3) is 0 Å². The minimum Gasteiger partial charge on any atom is -0.368 e. The fraction of sp³-hybridized carbons (Fsp3) is 0.750. The SMILES string of the molecule is CCc1nc(N)nc(N2CCN3CCCC3C2)n1. The van der Waals surface area contributed by atoms with Gasteiger partial charge < -0.3 is 10.6 Å². The van der Waals surface area contributed by atoms with E-state index in [9.17, 15) is 0 Å². The summed E-state index contributed by atoms with van der Waals surface area (Å²) in [5, 5.41) is 0. The second kappa shape index (κ2) is 4.68. The van der Waals surface area contributed by atoms with Crippen LogP contribution in [0.3, 0.4) is 0 Å². The Bertz CT molecular complexity index is 435. The van der Waals surface area contributed by atoms with Crippen molar-refractivity contribution in [3.8, 4) is 0 Å². The molecule has 2 N–H and O–H groups in total. The lowest BCUT2D eigenvalue weighted by atomic mass is 10.2. The van der Waals surface area contributed by atoms with Crippen LogP contribution < -0.4 is 10.6 Å². The fourth-order valence-corrected chi connectivity index (χ4v) is 2.90. The van der Waals surface area contributed by atoms with Gasteiger partial charge in [-0.25, -0.2) is 0 Å². The first-order chi connectivity index (χ1) is 8.76. The van der Waals surface area contributed by atoms with Crippen molar-refractivity contribution in [1.82, 2.24) is 19.9 Å². The molecular weight excluding hydrogens is 228 g/mol. The summed E-state index contributed by atoms with van der Waals surface area (Å²) in [7, 11) is 0. The maximum absolute atomic E-state index is 5.75. The topological polar surface area (TPSA) is 71.2 Å². The Morgan fingerprint density at radius 1 is 1.22 bits per heavy atom. The highest BCUT2D eigenvalue weighted by Crippen LogP contribution is 2.23. The molecule has 0 bridgehead atoms. The van der Waals surface area contributed by atoms with Gasteiger partial charge in [0.05, 0.1) is 0 Å². The molecule has 1 aromatic heterocycles. The molecule has 2 aliphatic rings. The number of nitrogens with two attached hydrogens (primary N) is 1. The van der Waals surface area contributed by atoms with E-state index in [0.29, 0.717) is 12.0 Å². The van der Waals surface area contributed by atoms with Gasteiger partial charge in [-0.15, -0.1) is 0 Å². The lowest BCUT2D eigenvalue weighted by Crippen LogP contribution is -2.50. The molecule has 0 spiro atoms. The molecule has 98 valence electrons. The molecule has 0 aliphatic carbocycles. The third-order valence-electron chi connectivity index (χ3n) is 3.87. The van der Waals surface area contributed by atoms with Crippen molar-refractivity contribution in [2.24, 2.45) is 0 Å². The van der Waals surface area contributed by atoms with Crippen molar-refractivity contribution < 1.29 is 0 Å². The van der Waals surface area contributed by atoms with Crippen molar-refractivity contribution >= 4 is 11.9 Å². The molecule has 18 heavy (non-hydrogen) atoms. The summed E-state index contributed by atoms with van der Waals surface area (Å²) in [5.74, 6) is 1.88. The maximum atomic E-state index is 5.75. The number of rotatable bonds is 2. The number of hydrogen-bond acceptors (Lipinski definition) is 6. The molecule has 3 heterocycles. The average molecular weight is 248 g/mol. The monoisotopic (exact) mass is 248 g/mol. The van der Waals surface area contributed by atoms with Gasteiger partial charge in [-0.05, 0) is 19.4 Å². The van der Waals surface area contributed by atoms with E-state index in [1.54, 1.807) is 0 Å². The minimum absolute atomic E-state index is 0.339. The van der Waals surface area contributed by atoms with E-state index in [1.807, 2.05) is 6.92 Å². The summed E-state index contributed by atoms with van der Waals surface area (Å²) < 4.78 is 0. The largest absolute Gasteiger partial charge is 0.368 e. The maximum Gasteiger partial charge on any atom is 0.230 e. The van der Waals surface area contributed by atoms with E-state index in [1.165, 1.54) is 19.4 Å².